The molecule has 4 aromatic heterocycles. The van der Waals surface area contributed by atoms with Gasteiger partial charge in [-0.05, 0) is 82.3 Å². The van der Waals surface area contributed by atoms with Crippen molar-refractivity contribution in [3.05, 3.63) is 162 Å². The molecule has 0 aliphatic heterocycles. The second-order valence-corrected chi connectivity index (χ2v) is 30.1. The summed E-state index contributed by atoms with van der Waals surface area (Å²) in [6.07, 6.45) is 2.92. The number of imidazole rings is 1. The van der Waals surface area contributed by atoms with E-state index in [1.807, 2.05) is 18.3 Å². The Kier molecular flexibility index (Phi) is 13.5. The smallest absolute Gasteiger partial charge is 0 e. The molecule has 4 heterocycles. The number of para-hydroxylation sites is 2. The van der Waals surface area contributed by atoms with Gasteiger partial charge in [-0.3, -0.25) is 4.98 Å². The van der Waals surface area contributed by atoms with Crippen LogP contribution < -0.4 is 4.40 Å². The van der Waals surface area contributed by atoms with E-state index in [4.69, 9.17) is 14.4 Å². The van der Waals surface area contributed by atoms with Crippen molar-refractivity contribution in [2.45, 2.75) is 90.9 Å². The van der Waals surface area contributed by atoms with E-state index in [0.717, 1.165) is 62.1 Å². The maximum atomic E-state index is 6.62. The second kappa shape index (κ2) is 18.5. The molecule has 9 aromatic rings. The summed E-state index contributed by atoms with van der Waals surface area (Å²) in [5.74, 6) is 8.54. The maximum absolute atomic E-state index is 6.62. The van der Waals surface area contributed by atoms with E-state index in [1.165, 1.54) is 37.9 Å². The van der Waals surface area contributed by atoms with Crippen LogP contribution in [0.1, 0.15) is 82.7 Å². The molecule has 0 amide bonds. The average Bonchev–Trinajstić information content (AvgIpc) is 3.81. The fourth-order valence-corrected chi connectivity index (χ4v) is 10.3. The Labute approximate surface area is 390 Å². The molecule has 9 rings (SSSR count). The first kappa shape index (κ1) is 45.9. The quantitative estimate of drug-likeness (QED) is 0.112. The van der Waals surface area contributed by atoms with Crippen molar-refractivity contribution < 1.29 is 24.5 Å². The Morgan fingerprint density at radius 2 is 1.43 bits per heavy atom. The van der Waals surface area contributed by atoms with E-state index in [0.29, 0.717) is 5.71 Å². The van der Waals surface area contributed by atoms with Crippen molar-refractivity contribution in [3.63, 3.8) is 0 Å². The van der Waals surface area contributed by atoms with Gasteiger partial charge in [0.2, 0.25) is 5.71 Å². The van der Waals surface area contributed by atoms with Crippen molar-refractivity contribution >= 4 is 50.8 Å². The second-order valence-electron chi connectivity index (χ2n) is 19.5. The van der Waals surface area contributed by atoms with Crippen LogP contribution in [-0.2, 0) is 26.5 Å². The third kappa shape index (κ3) is 9.84. The first-order valence-electron chi connectivity index (χ1n) is 22.0. The molecule has 0 saturated carbocycles. The van der Waals surface area contributed by atoms with E-state index >= 15 is 0 Å². The van der Waals surface area contributed by atoms with Crippen molar-refractivity contribution in [2.75, 3.05) is 0 Å². The summed E-state index contributed by atoms with van der Waals surface area (Å²) < 4.78 is 10.4. The number of fused-ring (bicyclic) bond motifs is 4. The first-order chi connectivity index (χ1) is 29.6. The van der Waals surface area contributed by atoms with Crippen LogP contribution in [0, 0.1) is 24.5 Å². The van der Waals surface area contributed by atoms with Gasteiger partial charge in [0.25, 0.3) is 0 Å². The molecule has 0 N–H and O–H groups in total. The van der Waals surface area contributed by atoms with Gasteiger partial charge in [0, 0.05) is 36.9 Å². The van der Waals surface area contributed by atoms with Crippen LogP contribution in [0.15, 0.2) is 132 Å². The molecular formula is C56H58GeIrN4O-2. The molecule has 0 aliphatic carbocycles. The maximum Gasteiger partial charge on any atom is 0 e. The molecule has 7 heteroatoms. The summed E-state index contributed by atoms with van der Waals surface area (Å²) in [5.41, 5.74) is 15.0. The number of aryl methyl sites for hydroxylation is 1. The monoisotopic (exact) mass is 1070 g/mol. The van der Waals surface area contributed by atoms with Crippen LogP contribution in [0.3, 0.4) is 0 Å². The zero-order valence-electron chi connectivity index (χ0n) is 38.5. The molecule has 0 aliphatic rings. The summed E-state index contributed by atoms with van der Waals surface area (Å²) in [6, 6.07) is 49.5. The molecule has 323 valence electrons. The Bertz CT molecular complexity index is 2980. The normalized spacial score (nSPS) is 12.0. The van der Waals surface area contributed by atoms with Gasteiger partial charge in [0.15, 0.2) is 0 Å². The Morgan fingerprint density at radius 1 is 0.730 bits per heavy atom. The standard InChI is InChI=1S/C41H40N3O.C15H18GeN.Ir/c1-25(2)33-22-28(27-14-9-8-10-15-27)23-34(26(3)4)37(33)44-36-19-12-11-18-35(36)43-39(44)32-17-13-16-30-31-21-20-29(24-41(5,6)7)42-40(31)45-38(30)32;1-12-5-7-13(8-6-12)15-10-9-14(11-17-15)16(2,3)4;/h8-16,18-23,25-26H,24H2,1-7H3;5-7,9-11H,1-4H3;/q2*-1;. The minimum absolute atomic E-state index is 0. The number of aromatic nitrogens is 4. The van der Waals surface area contributed by atoms with Gasteiger partial charge >= 0.3 is 106 Å². The largest absolute Gasteiger partial charge is 0 e. The molecular weight excluding hydrogens is 1010 g/mol. The predicted molar refractivity (Wildman–Crippen MR) is 263 cm³/mol. The molecule has 0 atom stereocenters. The fraction of sp³-hybridized carbons (Fsp3) is 0.268. The number of benzene rings is 5. The van der Waals surface area contributed by atoms with Gasteiger partial charge in [-0.25, -0.2) is 4.98 Å². The van der Waals surface area contributed by atoms with Gasteiger partial charge in [-0.1, -0.05) is 102 Å². The SMILES string of the molecule is CC(C)c1cc(-c2ccccc2)cc(C(C)C)c1-n1c(-c2[c-]ccc3c2oc2nc(CC(C)(C)C)ccc23)nc2ccccc21.Cc1c[c-]c(-c2cc[c]([Ge]([CH3])([CH3])[CH3])cn2)cc1.[Ir]. The van der Waals surface area contributed by atoms with Gasteiger partial charge in [-0.15, -0.1) is 18.2 Å². The van der Waals surface area contributed by atoms with Crippen LogP contribution in [0.2, 0.25) is 17.3 Å². The van der Waals surface area contributed by atoms with E-state index in [-0.39, 0.29) is 37.4 Å². The van der Waals surface area contributed by atoms with Crippen molar-refractivity contribution in [2.24, 2.45) is 5.41 Å². The van der Waals surface area contributed by atoms with E-state index < -0.39 is 13.3 Å². The minimum atomic E-state index is -1.73. The first-order valence-corrected chi connectivity index (χ1v) is 29.3. The third-order valence-corrected chi connectivity index (χ3v) is 15.7. The van der Waals surface area contributed by atoms with E-state index in [1.54, 1.807) is 0 Å². The molecule has 0 bridgehead atoms. The topological polar surface area (TPSA) is 56.7 Å². The van der Waals surface area contributed by atoms with Crippen LogP contribution in [-0.4, -0.2) is 32.8 Å². The molecule has 0 saturated heterocycles. The van der Waals surface area contributed by atoms with Crippen molar-refractivity contribution in [3.8, 4) is 39.5 Å². The number of hydrogen-bond acceptors (Lipinski definition) is 4. The summed E-state index contributed by atoms with van der Waals surface area (Å²) >= 11 is -1.73. The molecule has 5 nitrogen and oxygen atoms in total. The minimum Gasteiger partial charge on any atom is 0 e. The number of pyridine rings is 2. The van der Waals surface area contributed by atoms with Gasteiger partial charge < -0.3 is 8.98 Å². The molecule has 0 fully saturated rings. The van der Waals surface area contributed by atoms with Crippen LogP contribution in [0.4, 0.5) is 0 Å². The van der Waals surface area contributed by atoms with Crippen LogP contribution in [0.5, 0.6) is 0 Å². The summed E-state index contributed by atoms with van der Waals surface area (Å²) in [4.78, 5) is 14.8. The Balaban J connectivity index is 0.000000278. The predicted octanol–water partition coefficient (Wildman–Crippen LogP) is 14.7. The van der Waals surface area contributed by atoms with Gasteiger partial charge in [0.05, 0.1) is 22.4 Å². The van der Waals surface area contributed by atoms with E-state index in [2.05, 4.69) is 204 Å². The summed E-state index contributed by atoms with van der Waals surface area (Å²) in [6.45, 7) is 17.9. The molecule has 63 heavy (non-hydrogen) atoms. The number of rotatable bonds is 8. The van der Waals surface area contributed by atoms with Crippen molar-refractivity contribution in [1.82, 2.24) is 19.5 Å². The van der Waals surface area contributed by atoms with Gasteiger partial charge in [0.1, 0.15) is 0 Å². The fourth-order valence-electron chi connectivity index (χ4n) is 8.16. The van der Waals surface area contributed by atoms with Crippen LogP contribution in [0.25, 0.3) is 72.6 Å². The Hall–Kier alpha value is -5.14. The van der Waals surface area contributed by atoms with Gasteiger partial charge in [-0.2, -0.15) is 0 Å². The zero-order valence-corrected chi connectivity index (χ0v) is 43.0. The van der Waals surface area contributed by atoms with Crippen molar-refractivity contribution in [1.29, 1.82) is 0 Å². The number of hydrogen-bond donors (Lipinski definition) is 0. The Morgan fingerprint density at radius 3 is 2.05 bits per heavy atom. The van der Waals surface area contributed by atoms with E-state index in [9.17, 15) is 0 Å². The molecule has 1 radical (unpaired) electrons. The zero-order chi connectivity index (χ0) is 43.9. The molecule has 5 aromatic carbocycles. The van der Waals surface area contributed by atoms with Crippen LogP contribution >= 0.6 is 0 Å². The molecule has 0 unspecified atom stereocenters. The third-order valence-electron chi connectivity index (χ3n) is 11.5. The number of nitrogens with zero attached hydrogens (tertiary/aromatic N) is 4. The number of furan rings is 1. The molecule has 0 spiro atoms. The average molecular weight is 1070 g/mol. The summed E-state index contributed by atoms with van der Waals surface area (Å²) in [7, 11) is 0. The summed E-state index contributed by atoms with van der Waals surface area (Å²) in [5, 5.41) is 2.04.